The van der Waals surface area contributed by atoms with E-state index in [0.29, 0.717) is 6.54 Å². The number of nitro groups is 1. The van der Waals surface area contributed by atoms with Crippen LogP contribution in [0.2, 0.25) is 0 Å². The first kappa shape index (κ1) is 18.8. The number of hydrogen-bond acceptors (Lipinski definition) is 6. The quantitative estimate of drug-likeness (QED) is 0.350. The van der Waals surface area contributed by atoms with Gasteiger partial charge in [-0.05, 0) is 26.0 Å². The van der Waals surface area contributed by atoms with E-state index in [1.165, 1.54) is 31.2 Å². The van der Waals surface area contributed by atoms with E-state index < -0.39 is 28.9 Å². The number of para-hydroxylation sites is 1. The minimum absolute atomic E-state index is 0.163. The third-order valence-corrected chi connectivity index (χ3v) is 2.77. The monoisotopic (exact) mass is 335 g/mol. The summed E-state index contributed by atoms with van der Waals surface area (Å²) in [6.07, 6.45) is 0.989. The van der Waals surface area contributed by atoms with E-state index in [4.69, 9.17) is 4.74 Å². The Bertz CT molecular complexity index is 671. The molecule has 0 fully saturated rings. The number of nitrogens with one attached hydrogen (secondary N) is 2. The van der Waals surface area contributed by atoms with Crippen LogP contribution in [0, 0.1) is 10.1 Å². The Hall–Kier alpha value is -3.23. The second kappa shape index (κ2) is 9.03. The number of rotatable bonds is 6. The molecule has 0 aliphatic heterocycles. The number of hydrogen-bond donors (Lipinski definition) is 2. The third kappa shape index (κ3) is 5.87. The first-order valence-corrected chi connectivity index (χ1v) is 7.06. The van der Waals surface area contributed by atoms with E-state index in [-0.39, 0.29) is 11.3 Å². The van der Waals surface area contributed by atoms with Gasteiger partial charge in [-0.25, -0.2) is 9.59 Å². The number of amides is 3. The zero-order valence-corrected chi connectivity index (χ0v) is 13.1. The minimum Gasteiger partial charge on any atom is -0.449 e. The molecule has 0 radical (unpaired) electrons. The van der Waals surface area contributed by atoms with Gasteiger partial charge in [0.25, 0.3) is 11.6 Å². The molecule has 1 atom stereocenters. The molecule has 0 spiro atoms. The summed E-state index contributed by atoms with van der Waals surface area (Å²) in [6.45, 7) is 3.32. The van der Waals surface area contributed by atoms with Crippen LogP contribution in [0.15, 0.2) is 30.3 Å². The van der Waals surface area contributed by atoms with E-state index in [1.807, 2.05) is 5.32 Å². The highest BCUT2D eigenvalue weighted by atomic mass is 16.6. The highest BCUT2D eigenvalue weighted by molar-refractivity contribution is 5.98. The molecule has 9 heteroatoms. The number of carbonyl (C=O) groups is 3. The topological polar surface area (TPSA) is 128 Å². The highest BCUT2D eigenvalue weighted by Gasteiger charge is 2.18. The zero-order chi connectivity index (χ0) is 18.1. The van der Waals surface area contributed by atoms with Gasteiger partial charge in [0, 0.05) is 18.7 Å². The molecule has 1 aromatic rings. The smallest absolute Gasteiger partial charge is 0.331 e. The van der Waals surface area contributed by atoms with Crippen molar-refractivity contribution in [2.24, 2.45) is 0 Å². The highest BCUT2D eigenvalue weighted by Crippen LogP contribution is 2.18. The van der Waals surface area contributed by atoms with Crippen LogP contribution in [0.4, 0.5) is 10.5 Å². The summed E-state index contributed by atoms with van der Waals surface area (Å²) in [6, 6.07) is 5.16. The molecule has 9 nitrogen and oxygen atoms in total. The molecule has 2 N–H and O–H groups in total. The summed E-state index contributed by atoms with van der Waals surface area (Å²) in [7, 11) is 0. The van der Waals surface area contributed by atoms with Gasteiger partial charge < -0.3 is 10.1 Å². The van der Waals surface area contributed by atoms with Gasteiger partial charge in [0.05, 0.1) is 10.5 Å². The normalized spacial score (nSPS) is 11.6. The molecule has 0 aliphatic rings. The second-order valence-electron chi connectivity index (χ2n) is 4.58. The fourth-order valence-corrected chi connectivity index (χ4v) is 1.64. The molecule has 0 heterocycles. The van der Waals surface area contributed by atoms with Crippen molar-refractivity contribution in [3.63, 3.8) is 0 Å². The van der Waals surface area contributed by atoms with Gasteiger partial charge in [-0.15, -0.1) is 0 Å². The van der Waals surface area contributed by atoms with Gasteiger partial charge in [-0.3, -0.25) is 20.2 Å². The van der Waals surface area contributed by atoms with Gasteiger partial charge in [0.15, 0.2) is 6.10 Å². The van der Waals surface area contributed by atoms with E-state index in [9.17, 15) is 24.5 Å². The number of benzene rings is 1. The molecular formula is C15H17N3O6. The molecule has 0 bridgehead atoms. The second-order valence-corrected chi connectivity index (χ2v) is 4.58. The average Bonchev–Trinajstić information content (AvgIpc) is 2.53. The lowest BCUT2D eigenvalue weighted by molar-refractivity contribution is -0.385. The lowest BCUT2D eigenvalue weighted by Crippen LogP contribution is -2.44. The van der Waals surface area contributed by atoms with Crippen LogP contribution in [0.1, 0.15) is 19.4 Å². The van der Waals surface area contributed by atoms with Crippen LogP contribution in [0.5, 0.6) is 0 Å². The Labute approximate surface area is 137 Å². The largest absolute Gasteiger partial charge is 0.449 e. The fourth-order valence-electron chi connectivity index (χ4n) is 1.64. The summed E-state index contributed by atoms with van der Waals surface area (Å²) in [4.78, 5) is 44.8. The Morgan fingerprint density at radius 3 is 2.62 bits per heavy atom. The molecule has 0 saturated heterocycles. The summed E-state index contributed by atoms with van der Waals surface area (Å²) in [5.74, 6) is -1.65. The number of ether oxygens (including phenoxy) is 1. The number of carbonyl (C=O) groups excluding carboxylic acids is 3. The fraction of sp³-hybridized carbons (Fsp3) is 0.267. The van der Waals surface area contributed by atoms with E-state index >= 15 is 0 Å². The molecule has 1 aromatic carbocycles. The Kier molecular flexibility index (Phi) is 7.08. The van der Waals surface area contributed by atoms with Crippen LogP contribution in [0.25, 0.3) is 6.08 Å². The van der Waals surface area contributed by atoms with Crippen molar-refractivity contribution >= 4 is 29.7 Å². The molecule has 0 unspecified atom stereocenters. The van der Waals surface area contributed by atoms with Crippen LogP contribution in [0.3, 0.4) is 0 Å². The van der Waals surface area contributed by atoms with Crippen molar-refractivity contribution in [1.82, 2.24) is 10.6 Å². The van der Waals surface area contributed by atoms with Gasteiger partial charge in [-0.2, -0.15) is 0 Å². The van der Waals surface area contributed by atoms with Crippen LogP contribution in [-0.2, 0) is 14.3 Å². The number of nitro benzene ring substituents is 1. The van der Waals surface area contributed by atoms with Crippen LogP contribution < -0.4 is 10.6 Å². The van der Waals surface area contributed by atoms with Gasteiger partial charge in [0.1, 0.15) is 0 Å². The standard InChI is InChI=1S/C15H17N3O6/c1-3-16-15(21)17-14(20)10(2)24-13(19)9-8-11-6-4-5-7-12(11)18(22)23/h4-10H,3H2,1-2H3,(H2,16,17,20,21)/b9-8+/t10-/m0/s1. The molecule has 0 aliphatic carbocycles. The van der Waals surface area contributed by atoms with E-state index in [1.54, 1.807) is 13.0 Å². The predicted octanol–water partition coefficient (Wildman–Crippen LogP) is 1.39. The lowest BCUT2D eigenvalue weighted by atomic mass is 10.1. The molecule has 1 rings (SSSR count). The first-order valence-electron chi connectivity index (χ1n) is 7.06. The molecular weight excluding hydrogens is 318 g/mol. The Morgan fingerprint density at radius 2 is 2.00 bits per heavy atom. The Morgan fingerprint density at radius 1 is 1.33 bits per heavy atom. The van der Waals surface area contributed by atoms with Crippen LogP contribution in [-0.4, -0.2) is 35.5 Å². The van der Waals surface area contributed by atoms with Crippen molar-refractivity contribution in [2.45, 2.75) is 20.0 Å². The molecule has 0 saturated carbocycles. The average molecular weight is 335 g/mol. The van der Waals surface area contributed by atoms with Crippen molar-refractivity contribution in [1.29, 1.82) is 0 Å². The van der Waals surface area contributed by atoms with Crippen molar-refractivity contribution in [2.75, 3.05) is 6.54 Å². The summed E-state index contributed by atoms with van der Waals surface area (Å²) < 4.78 is 4.83. The number of imide groups is 1. The van der Waals surface area contributed by atoms with E-state index in [0.717, 1.165) is 6.08 Å². The minimum atomic E-state index is -1.20. The molecule has 3 amide bonds. The molecule has 24 heavy (non-hydrogen) atoms. The first-order chi connectivity index (χ1) is 11.3. The summed E-state index contributed by atoms with van der Waals surface area (Å²) >= 11 is 0. The number of nitrogens with zero attached hydrogens (tertiary/aromatic N) is 1. The maximum absolute atomic E-state index is 11.7. The van der Waals surface area contributed by atoms with Crippen molar-refractivity contribution in [3.05, 3.63) is 46.0 Å². The number of esters is 1. The number of urea groups is 1. The zero-order valence-electron chi connectivity index (χ0n) is 13.1. The maximum atomic E-state index is 11.7. The van der Waals surface area contributed by atoms with Crippen molar-refractivity contribution in [3.8, 4) is 0 Å². The van der Waals surface area contributed by atoms with Gasteiger partial charge in [-0.1, -0.05) is 12.1 Å². The molecule has 128 valence electrons. The molecule has 0 aromatic heterocycles. The van der Waals surface area contributed by atoms with Gasteiger partial charge >= 0.3 is 12.0 Å². The maximum Gasteiger partial charge on any atom is 0.331 e. The van der Waals surface area contributed by atoms with Gasteiger partial charge in [0.2, 0.25) is 0 Å². The SMILES string of the molecule is CCNC(=O)NC(=O)[C@H](C)OC(=O)/C=C/c1ccccc1[N+](=O)[O-]. The Balaban J connectivity index is 2.64. The summed E-state index contributed by atoms with van der Waals surface area (Å²) in [5.41, 5.74) is 0.0578. The lowest BCUT2D eigenvalue weighted by Gasteiger charge is -2.11. The summed E-state index contributed by atoms with van der Waals surface area (Å²) in [5, 5.41) is 15.2. The predicted molar refractivity (Wildman–Crippen MR) is 84.9 cm³/mol. The van der Waals surface area contributed by atoms with Crippen molar-refractivity contribution < 1.29 is 24.0 Å². The van der Waals surface area contributed by atoms with E-state index in [2.05, 4.69) is 5.32 Å². The third-order valence-electron chi connectivity index (χ3n) is 2.77. The van der Waals surface area contributed by atoms with Crippen LogP contribution >= 0.6 is 0 Å².